The minimum Gasteiger partial charge on any atom is -0.497 e. The number of aromatic nitrogens is 4. The maximum atomic E-state index is 13.1. The first-order valence-corrected chi connectivity index (χ1v) is 12.9. The highest BCUT2D eigenvalue weighted by molar-refractivity contribution is 7.92. The van der Waals surface area contributed by atoms with E-state index in [1.165, 1.54) is 31.3 Å². The molecule has 4 aromatic rings. The van der Waals surface area contributed by atoms with E-state index in [1.54, 1.807) is 43.4 Å². The Morgan fingerprint density at radius 1 is 1.00 bits per heavy atom. The van der Waals surface area contributed by atoms with Crippen LogP contribution >= 0.6 is 0 Å². The van der Waals surface area contributed by atoms with Gasteiger partial charge in [-0.05, 0) is 12.1 Å². The van der Waals surface area contributed by atoms with Gasteiger partial charge in [0.15, 0.2) is 28.2 Å². The van der Waals surface area contributed by atoms with Gasteiger partial charge in [-0.3, -0.25) is 4.72 Å². The summed E-state index contributed by atoms with van der Waals surface area (Å²) in [6, 6.07) is 10.4. The molecule has 0 atom stereocenters. The summed E-state index contributed by atoms with van der Waals surface area (Å²) in [5.74, 6) is 1.19. The number of aliphatic hydroxyl groups is 1. The first kappa shape index (κ1) is 26.9. The van der Waals surface area contributed by atoms with E-state index < -0.39 is 10.0 Å². The molecule has 0 unspecified atom stereocenters. The van der Waals surface area contributed by atoms with Gasteiger partial charge in [0.2, 0.25) is 0 Å². The molecule has 2 aromatic carbocycles. The molecule has 0 bridgehead atoms. The van der Waals surface area contributed by atoms with Gasteiger partial charge >= 0.3 is 0 Å². The van der Waals surface area contributed by atoms with Gasteiger partial charge in [0.1, 0.15) is 12.4 Å². The lowest BCUT2D eigenvalue weighted by molar-refractivity contribution is 0.0700. The summed E-state index contributed by atoms with van der Waals surface area (Å²) >= 11 is 0. The van der Waals surface area contributed by atoms with E-state index in [0.29, 0.717) is 34.0 Å². The number of aryl methyl sites for hydroxylation is 1. The monoisotopic (exact) mass is 544 g/mol. The maximum absolute atomic E-state index is 13.1. The van der Waals surface area contributed by atoms with Gasteiger partial charge in [-0.15, -0.1) is 0 Å². The van der Waals surface area contributed by atoms with Crippen molar-refractivity contribution < 1.29 is 32.5 Å². The van der Waals surface area contributed by atoms with Crippen LogP contribution in [0.4, 0.5) is 17.3 Å². The second-order valence-electron chi connectivity index (χ2n) is 7.91. The summed E-state index contributed by atoms with van der Waals surface area (Å²) in [5, 5.41) is 11.9. The summed E-state index contributed by atoms with van der Waals surface area (Å²) in [6.45, 7) is 0.456. The molecule has 4 rings (SSSR count). The largest absolute Gasteiger partial charge is 0.497 e. The zero-order chi connectivity index (χ0) is 27.1. The Morgan fingerprint density at radius 3 is 2.37 bits per heavy atom. The highest BCUT2D eigenvalue weighted by Crippen LogP contribution is 2.41. The lowest BCUT2D eigenvalue weighted by atomic mass is 10.2. The Bertz CT molecular complexity index is 1510. The Labute approximate surface area is 219 Å². The van der Waals surface area contributed by atoms with Crippen molar-refractivity contribution >= 4 is 38.4 Å². The molecule has 0 aliphatic carbocycles. The Kier molecular flexibility index (Phi) is 8.45. The lowest BCUT2D eigenvalue weighted by Crippen LogP contribution is -2.16. The van der Waals surface area contributed by atoms with Crippen molar-refractivity contribution in [3.8, 4) is 17.2 Å². The molecule has 3 N–H and O–H groups in total. The van der Waals surface area contributed by atoms with Gasteiger partial charge in [-0.25, -0.2) is 15.0 Å². The quantitative estimate of drug-likeness (QED) is 0.212. The number of sulfonamides is 1. The summed E-state index contributed by atoms with van der Waals surface area (Å²) in [7, 11) is 0.577. The van der Waals surface area contributed by atoms with Crippen molar-refractivity contribution in [2.24, 2.45) is 7.05 Å². The number of benzene rings is 2. The molecule has 0 fully saturated rings. The highest BCUT2D eigenvalue weighted by Gasteiger charge is 2.23. The van der Waals surface area contributed by atoms with E-state index in [4.69, 9.17) is 24.1 Å². The van der Waals surface area contributed by atoms with E-state index >= 15 is 0 Å². The van der Waals surface area contributed by atoms with Gasteiger partial charge in [0.25, 0.3) is 10.0 Å². The van der Waals surface area contributed by atoms with Gasteiger partial charge in [0, 0.05) is 25.4 Å². The van der Waals surface area contributed by atoms with E-state index in [2.05, 4.69) is 25.0 Å². The molecular weight excluding hydrogens is 516 g/mol. The summed E-state index contributed by atoms with van der Waals surface area (Å²) in [6.07, 6.45) is 2.76. The molecule has 13 nitrogen and oxygen atoms in total. The van der Waals surface area contributed by atoms with Crippen LogP contribution in [-0.2, 0) is 21.8 Å². The fraction of sp³-hybridized carbons (Fsp3) is 0.292. The minimum atomic E-state index is -4.08. The standard InChI is InChI=1S/C24H28N6O7S/c1-30-14-21(25-15-30)38(32,33)29-24-23(26-17-6-4-5-7-18(17)27-24)28-19-12-16(34-2)13-20(35-3)22(19)37-11-10-36-9-8-31/h4-7,12-15,31H,8-11H2,1-3H3,(H,26,28)(H,27,29). The third-order valence-corrected chi connectivity index (χ3v) is 6.43. The maximum Gasteiger partial charge on any atom is 0.282 e. The van der Waals surface area contributed by atoms with Crippen LogP contribution in [0, 0.1) is 0 Å². The molecule has 0 amide bonds. The van der Waals surface area contributed by atoms with Crippen LogP contribution in [0.2, 0.25) is 0 Å². The number of rotatable bonds is 13. The van der Waals surface area contributed by atoms with Crippen LogP contribution in [0.1, 0.15) is 0 Å². The number of methoxy groups -OCH3 is 2. The molecule has 38 heavy (non-hydrogen) atoms. The molecule has 0 aliphatic rings. The van der Waals surface area contributed by atoms with E-state index in [-0.39, 0.29) is 43.1 Å². The SMILES string of the molecule is COc1cc(Nc2nc3ccccc3nc2NS(=O)(=O)c2cn(C)cn2)c(OCCOCCO)c(OC)c1. The van der Waals surface area contributed by atoms with Crippen LogP contribution in [-0.4, -0.2) is 73.7 Å². The zero-order valence-corrected chi connectivity index (χ0v) is 21.9. The number of para-hydroxylation sites is 2. The summed E-state index contributed by atoms with van der Waals surface area (Å²) in [5.41, 5.74) is 1.40. The first-order valence-electron chi connectivity index (χ1n) is 11.5. The number of imidazole rings is 1. The van der Waals surface area contributed by atoms with Gasteiger partial charge in [0.05, 0.1) is 57.1 Å². The predicted molar refractivity (Wildman–Crippen MR) is 140 cm³/mol. The number of hydrogen-bond donors (Lipinski definition) is 3. The Balaban J connectivity index is 1.75. The minimum absolute atomic E-state index is 0.0478. The zero-order valence-electron chi connectivity index (χ0n) is 21.0. The molecule has 0 spiro atoms. The molecule has 14 heteroatoms. The van der Waals surface area contributed by atoms with Crippen molar-refractivity contribution in [1.82, 2.24) is 19.5 Å². The summed E-state index contributed by atoms with van der Waals surface area (Å²) in [4.78, 5) is 13.1. The second kappa shape index (κ2) is 11.9. The number of nitrogens with one attached hydrogen (secondary N) is 2. The van der Waals surface area contributed by atoms with Gasteiger partial charge in [-0.1, -0.05) is 12.1 Å². The third-order valence-electron chi connectivity index (χ3n) is 5.20. The Morgan fingerprint density at radius 2 is 1.74 bits per heavy atom. The van der Waals surface area contributed by atoms with E-state index in [0.717, 1.165) is 0 Å². The van der Waals surface area contributed by atoms with Crippen LogP contribution in [0.3, 0.4) is 0 Å². The second-order valence-corrected chi connectivity index (χ2v) is 9.54. The molecule has 202 valence electrons. The number of aliphatic hydroxyl groups excluding tert-OH is 1. The fourth-order valence-corrected chi connectivity index (χ4v) is 4.44. The van der Waals surface area contributed by atoms with E-state index in [1.807, 2.05) is 0 Å². The number of hydrogen-bond acceptors (Lipinski definition) is 11. The topological polar surface area (TPSA) is 159 Å². The average molecular weight is 545 g/mol. The molecule has 2 aromatic heterocycles. The van der Waals surface area contributed by atoms with Crippen molar-refractivity contribution in [2.75, 3.05) is 50.7 Å². The fourth-order valence-electron chi connectivity index (χ4n) is 3.45. The lowest BCUT2D eigenvalue weighted by Gasteiger charge is -2.19. The molecule has 0 radical (unpaired) electrons. The predicted octanol–water partition coefficient (Wildman–Crippen LogP) is 2.31. The molecule has 2 heterocycles. The van der Waals surface area contributed by atoms with Crippen LogP contribution in [0.15, 0.2) is 53.9 Å². The normalized spacial score (nSPS) is 11.4. The van der Waals surface area contributed by atoms with Crippen molar-refractivity contribution in [3.63, 3.8) is 0 Å². The molecule has 0 saturated carbocycles. The van der Waals surface area contributed by atoms with Gasteiger partial charge < -0.3 is 33.9 Å². The first-order chi connectivity index (χ1) is 18.3. The molecule has 0 aliphatic heterocycles. The van der Waals surface area contributed by atoms with Gasteiger partial charge in [-0.2, -0.15) is 8.42 Å². The van der Waals surface area contributed by atoms with Crippen LogP contribution in [0.25, 0.3) is 11.0 Å². The van der Waals surface area contributed by atoms with Crippen molar-refractivity contribution in [1.29, 1.82) is 0 Å². The molecular formula is C24H28N6O7S. The smallest absolute Gasteiger partial charge is 0.282 e. The van der Waals surface area contributed by atoms with E-state index in [9.17, 15) is 8.42 Å². The van der Waals surface area contributed by atoms with Crippen molar-refractivity contribution in [3.05, 3.63) is 48.9 Å². The average Bonchev–Trinajstić information content (AvgIpc) is 3.36. The van der Waals surface area contributed by atoms with Crippen LogP contribution < -0.4 is 24.2 Å². The van der Waals surface area contributed by atoms with Crippen LogP contribution in [0.5, 0.6) is 17.2 Å². The Hall–Kier alpha value is -4.14. The van der Waals surface area contributed by atoms with Crippen molar-refractivity contribution in [2.45, 2.75) is 5.03 Å². The highest BCUT2D eigenvalue weighted by atomic mass is 32.2. The number of anilines is 3. The summed E-state index contributed by atoms with van der Waals surface area (Å²) < 4.78 is 52.3. The number of ether oxygens (including phenoxy) is 4. The number of nitrogens with zero attached hydrogens (tertiary/aromatic N) is 4. The third kappa shape index (κ3) is 6.22. The molecule has 0 saturated heterocycles. The number of fused-ring (bicyclic) bond motifs is 1.